The number of ether oxygens (including phenoxy) is 3. The molecule has 8 heteroatoms. The number of cyclic esters (lactones) is 2. The molecule has 0 unspecified atom stereocenters. The highest BCUT2D eigenvalue weighted by atomic mass is 79.9. The van der Waals surface area contributed by atoms with Crippen LogP contribution < -0.4 is 5.32 Å². The third-order valence-electron chi connectivity index (χ3n) is 3.22. The lowest BCUT2D eigenvalue weighted by Crippen LogP contribution is -2.41. The summed E-state index contributed by atoms with van der Waals surface area (Å²) in [5.41, 5.74) is -0.360. The van der Waals surface area contributed by atoms with Gasteiger partial charge < -0.3 is 19.5 Å². The first kappa shape index (κ1) is 18.0. The van der Waals surface area contributed by atoms with E-state index >= 15 is 0 Å². The number of carbonyl (C=O) groups excluding carboxylic acids is 3. The number of esters is 3. The molecular formula is C16H16BrNO6. The molecule has 7 nitrogen and oxygen atoms in total. The maximum Gasteiger partial charge on any atom is 0.338 e. The molecule has 2 rings (SSSR count). The van der Waals surface area contributed by atoms with E-state index in [-0.39, 0.29) is 10.6 Å². The summed E-state index contributed by atoms with van der Waals surface area (Å²) in [7, 11) is 0. The second-order valence-electron chi connectivity index (χ2n) is 5.43. The molecule has 0 amide bonds. The molecule has 0 bridgehead atoms. The van der Waals surface area contributed by atoms with Gasteiger partial charge in [-0.05, 0) is 61.0 Å². The third kappa shape index (κ3) is 3.76. The molecule has 1 fully saturated rings. The number of rotatable bonds is 4. The van der Waals surface area contributed by atoms with Crippen LogP contribution in [-0.4, -0.2) is 24.5 Å². The number of hydrogen-bond donors (Lipinski definition) is 1. The van der Waals surface area contributed by atoms with Crippen LogP contribution in [0.5, 0.6) is 0 Å². The Morgan fingerprint density at radius 3 is 2.21 bits per heavy atom. The lowest BCUT2D eigenvalue weighted by Gasteiger charge is -2.27. The summed E-state index contributed by atoms with van der Waals surface area (Å²) in [6.45, 7) is 4.86. The van der Waals surface area contributed by atoms with Crippen LogP contribution in [0.1, 0.15) is 31.1 Å². The Bertz CT molecular complexity index is 686. The van der Waals surface area contributed by atoms with Crippen LogP contribution in [0.25, 0.3) is 0 Å². The molecule has 0 atom stereocenters. The van der Waals surface area contributed by atoms with Gasteiger partial charge in [0.1, 0.15) is 0 Å². The van der Waals surface area contributed by atoms with E-state index < -0.39 is 23.3 Å². The van der Waals surface area contributed by atoms with Gasteiger partial charge in [0.05, 0.1) is 12.2 Å². The lowest BCUT2D eigenvalue weighted by atomic mass is 9.93. The van der Waals surface area contributed by atoms with Crippen LogP contribution in [0, 0.1) is 5.41 Å². The largest absolute Gasteiger partial charge is 0.462 e. The number of benzene rings is 1. The predicted octanol–water partition coefficient (Wildman–Crippen LogP) is 2.92. The van der Waals surface area contributed by atoms with E-state index in [1.807, 2.05) is 0 Å². The van der Waals surface area contributed by atoms with Gasteiger partial charge in [-0.25, -0.2) is 4.79 Å². The molecule has 0 spiro atoms. The van der Waals surface area contributed by atoms with Gasteiger partial charge >= 0.3 is 23.9 Å². The highest BCUT2D eigenvalue weighted by Crippen LogP contribution is 2.31. The van der Waals surface area contributed by atoms with Crippen molar-refractivity contribution in [1.82, 2.24) is 0 Å². The molecule has 24 heavy (non-hydrogen) atoms. The molecule has 1 saturated heterocycles. The standard InChI is InChI=1S/C16H16BrNO6/c1-4-22-12(19)9-5-7-10(8-6-9)18-11(17)13-23-14(20)16(2,3)15(21)24-13/h5-8,18H,4H2,1-3H3. The topological polar surface area (TPSA) is 90.9 Å². The highest BCUT2D eigenvalue weighted by Gasteiger charge is 2.46. The van der Waals surface area contributed by atoms with Gasteiger partial charge in [0.15, 0.2) is 10.0 Å². The van der Waals surface area contributed by atoms with Crippen molar-refractivity contribution in [3.63, 3.8) is 0 Å². The minimum Gasteiger partial charge on any atom is -0.462 e. The van der Waals surface area contributed by atoms with Gasteiger partial charge in [0.25, 0.3) is 0 Å². The number of anilines is 1. The van der Waals surface area contributed by atoms with E-state index in [2.05, 4.69) is 21.2 Å². The zero-order valence-electron chi connectivity index (χ0n) is 13.3. The van der Waals surface area contributed by atoms with Gasteiger partial charge in [-0.3, -0.25) is 9.59 Å². The lowest BCUT2D eigenvalue weighted by molar-refractivity contribution is -0.183. The SMILES string of the molecule is CCOC(=O)c1ccc(NC(Br)=C2OC(=O)C(C)(C)C(=O)O2)cc1. The Balaban J connectivity index is 2.12. The van der Waals surface area contributed by atoms with Crippen LogP contribution >= 0.6 is 15.9 Å². The molecule has 0 radical (unpaired) electrons. The molecule has 0 aliphatic carbocycles. The molecule has 1 heterocycles. The van der Waals surface area contributed by atoms with E-state index in [1.165, 1.54) is 13.8 Å². The Morgan fingerprint density at radius 2 is 1.71 bits per heavy atom. The summed E-state index contributed by atoms with van der Waals surface area (Å²) in [5, 5.41) is 2.87. The van der Waals surface area contributed by atoms with E-state index in [0.29, 0.717) is 17.9 Å². The summed E-state index contributed by atoms with van der Waals surface area (Å²) in [6.07, 6.45) is 0. The first-order chi connectivity index (χ1) is 11.3. The van der Waals surface area contributed by atoms with Gasteiger partial charge in [-0.15, -0.1) is 0 Å². The number of carbonyl (C=O) groups is 3. The molecule has 1 aromatic carbocycles. The molecule has 128 valence electrons. The van der Waals surface area contributed by atoms with Crippen LogP contribution in [0.2, 0.25) is 0 Å². The van der Waals surface area contributed by atoms with Crippen molar-refractivity contribution in [2.75, 3.05) is 11.9 Å². The van der Waals surface area contributed by atoms with Gasteiger partial charge in [0.2, 0.25) is 0 Å². The van der Waals surface area contributed by atoms with Crippen LogP contribution in [0.4, 0.5) is 5.69 Å². The number of nitrogens with one attached hydrogen (secondary N) is 1. The molecule has 1 N–H and O–H groups in total. The van der Waals surface area contributed by atoms with Crippen molar-refractivity contribution < 1.29 is 28.6 Å². The van der Waals surface area contributed by atoms with Crippen LogP contribution in [0.3, 0.4) is 0 Å². The van der Waals surface area contributed by atoms with Gasteiger partial charge in [-0.1, -0.05) is 0 Å². The summed E-state index contributed by atoms with van der Waals surface area (Å²) >= 11 is 3.16. The van der Waals surface area contributed by atoms with Crippen molar-refractivity contribution in [2.45, 2.75) is 20.8 Å². The average molecular weight is 398 g/mol. The minimum absolute atomic E-state index is 0.170. The monoisotopic (exact) mass is 397 g/mol. The van der Waals surface area contributed by atoms with Crippen LogP contribution in [0.15, 0.2) is 34.8 Å². The first-order valence-corrected chi connectivity index (χ1v) is 7.93. The Hall–Kier alpha value is -2.35. The van der Waals surface area contributed by atoms with E-state index in [0.717, 1.165) is 0 Å². The molecule has 0 aromatic heterocycles. The van der Waals surface area contributed by atoms with Crippen molar-refractivity contribution in [3.05, 3.63) is 40.4 Å². The maximum absolute atomic E-state index is 11.8. The summed E-state index contributed by atoms with van der Waals surface area (Å²) in [6, 6.07) is 6.41. The molecule has 1 aliphatic rings. The van der Waals surface area contributed by atoms with E-state index in [9.17, 15) is 14.4 Å². The van der Waals surface area contributed by atoms with E-state index in [4.69, 9.17) is 14.2 Å². The summed E-state index contributed by atoms with van der Waals surface area (Å²) in [5.74, 6) is -2.09. The fourth-order valence-corrected chi connectivity index (χ4v) is 2.09. The second-order valence-corrected chi connectivity index (χ2v) is 6.22. The molecule has 0 saturated carbocycles. The van der Waals surface area contributed by atoms with Crippen molar-refractivity contribution >= 4 is 39.5 Å². The Labute approximate surface area is 147 Å². The van der Waals surface area contributed by atoms with Crippen molar-refractivity contribution in [3.8, 4) is 0 Å². The number of hydrogen-bond acceptors (Lipinski definition) is 7. The predicted molar refractivity (Wildman–Crippen MR) is 87.9 cm³/mol. The third-order valence-corrected chi connectivity index (χ3v) is 3.74. The zero-order valence-corrected chi connectivity index (χ0v) is 14.9. The summed E-state index contributed by atoms with van der Waals surface area (Å²) < 4.78 is 15.1. The zero-order chi connectivity index (χ0) is 17.9. The van der Waals surface area contributed by atoms with Gasteiger partial charge in [-0.2, -0.15) is 0 Å². The highest BCUT2D eigenvalue weighted by molar-refractivity contribution is 9.11. The molecular weight excluding hydrogens is 382 g/mol. The van der Waals surface area contributed by atoms with Crippen molar-refractivity contribution in [1.29, 1.82) is 0 Å². The quantitative estimate of drug-likeness (QED) is 0.474. The smallest absolute Gasteiger partial charge is 0.338 e. The maximum atomic E-state index is 11.8. The number of halogens is 1. The minimum atomic E-state index is -1.35. The van der Waals surface area contributed by atoms with Gasteiger partial charge in [0, 0.05) is 5.69 Å². The van der Waals surface area contributed by atoms with Crippen LogP contribution in [-0.2, 0) is 23.8 Å². The average Bonchev–Trinajstić information content (AvgIpc) is 2.53. The fourth-order valence-electron chi connectivity index (χ4n) is 1.70. The first-order valence-electron chi connectivity index (χ1n) is 7.14. The normalized spacial score (nSPS) is 16.1. The Kier molecular flexibility index (Phi) is 5.28. The molecule has 1 aromatic rings. The Morgan fingerprint density at radius 1 is 1.17 bits per heavy atom. The summed E-state index contributed by atoms with van der Waals surface area (Å²) in [4.78, 5) is 35.2. The second kappa shape index (κ2) is 7.04. The van der Waals surface area contributed by atoms with Crippen molar-refractivity contribution in [2.24, 2.45) is 5.41 Å². The molecule has 1 aliphatic heterocycles. The fraction of sp³-hybridized carbons (Fsp3) is 0.312. The van der Waals surface area contributed by atoms with E-state index in [1.54, 1.807) is 31.2 Å².